The van der Waals surface area contributed by atoms with E-state index in [-0.39, 0.29) is 40.3 Å². The molecular formula is C23H32O3. The van der Waals surface area contributed by atoms with Crippen LogP contribution in [-0.4, -0.2) is 22.8 Å². The molecule has 26 heavy (non-hydrogen) atoms. The second-order valence-corrected chi connectivity index (χ2v) is 9.80. The van der Waals surface area contributed by atoms with Gasteiger partial charge in [0.15, 0.2) is 5.78 Å². The lowest BCUT2D eigenvalue weighted by atomic mass is 9.46. The van der Waals surface area contributed by atoms with Crippen LogP contribution in [-0.2, 0) is 9.59 Å². The second kappa shape index (κ2) is 5.89. The maximum absolute atomic E-state index is 12.1. The van der Waals surface area contributed by atoms with Crippen molar-refractivity contribution in [2.45, 2.75) is 65.9 Å². The highest BCUT2D eigenvalue weighted by Gasteiger charge is 2.62. The normalized spacial score (nSPS) is 48.3. The standard InChI is InChI=1S/C23H32O3/c1-13(14(2)24)18-7-8-19-17-6-5-15-11-16(25)9-10-22(15,3)20(17)12-21(26)23(18,19)4/h9-11,13,17-21,26H,5-8,12H2,1-4H3/t13-,17+,18-,19+,20+,21+,22+,23-/m1/s1. The molecule has 3 nitrogen and oxygen atoms in total. The Kier molecular flexibility index (Phi) is 4.11. The molecule has 3 fully saturated rings. The van der Waals surface area contributed by atoms with Gasteiger partial charge < -0.3 is 5.11 Å². The van der Waals surface area contributed by atoms with Crippen LogP contribution in [0.4, 0.5) is 0 Å². The molecule has 1 N–H and O–H groups in total. The number of carbonyl (C=O) groups excluding carboxylic acids is 2. The van der Waals surface area contributed by atoms with Crippen LogP contribution in [0.5, 0.6) is 0 Å². The molecule has 3 saturated carbocycles. The van der Waals surface area contributed by atoms with E-state index in [2.05, 4.69) is 26.8 Å². The molecule has 4 aliphatic carbocycles. The van der Waals surface area contributed by atoms with E-state index in [1.807, 2.05) is 6.08 Å². The summed E-state index contributed by atoms with van der Waals surface area (Å²) in [6.07, 6.45) is 10.4. The maximum atomic E-state index is 12.1. The van der Waals surface area contributed by atoms with Gasteiger partial charge in [0.05, 0.1) is 6.10 Å². The van der Waals surface area contributed by atoms with Crippen LogP contribution in [0, 0.1) is 40.4 Å². The van der Waals surface area contributed by atoms with Crippen molar-refractivity contribution in [1.29, 1.82) is 0 Å². The highest BCUT2D eigenvalue weighted by molar-refractivity contribution is 6.01. The van der Waals surface area contributed by atoms with E-state index in [0.29, 0.717) is 17.8 Å². The molecule has 0 spiro atoms. The number of hydrogen-bond acceptors (Lipinski definition) is 3. The molecule has 0 aromatic rings. The quantitative estimate of drug-likeness (QED) is 0.810. The molecule has 0 aromatic carbocycles. The zero-order valence-corrected chi connectivity index (χ0v) is 16.5. The lowest BCUT2D eigenvalue weighted by Crippen LogP contribution is -2.56. The van der Waals surface area contributed by atoms with Gasteiger partial charge in [-0.3, -0.25) is 9.59 Å². The summed E-state index contributed by atoms with van der Waals surface area (Å²) in [5.74, 6) is 2.12. The number of aliphatic hydroxyl groups is 1. The van der Waals surface area contributed by atoms with Crippen molar-refractivity contribution in [3.8, 4) is 0 Å². The number of aliphatic hydroxyl groups excluding tert-OH is 1. The Bertz CT molecular complexity index is 704. The molecule has 0 saturated heterocycles. The van der Waals surface area contributed by atoms with Crippen LogP contribution in [0.1, 0.15) is 59.8 Å². The van der Waals surface area contributed by atoms with Gasteiger partial charge >= 0.3 is 0 Å². The second-order valence-electron chi connectivity index (χ2n) is 9.80. The first-order valence-electron chi connectivity index (χ1n) is 10.3. The monoisotopic (exact) mass is 356 g/mol. The van der Waals surface area contributed by atoms with Crippen molar-refractivity contribution < 1.29 is 14.7 Å². The zero-order chi connectivity index (χ0) is 18.9. The van der Waals surface area contributed by atoms with Crippen molar-refractivity contribution in [2.24, 2.45) is 40.4 Å². The average Bonchev–Trinajstić information content (AvgIpc) is 2.94. The number of Topliss-reactive ketones (excluding diaryl/α,β-unsaturated/α-hetero) is 1. The summed E-state index contributed by atoms with van der Waals surface area (Å²) >= 11 is 0. The van der Waals surface area contributed by atoms with E-state index in [0.717, 1.165) is 32.1 Å². The summed E-state index contributed by atoms with van der Waals surface area (Å²) in [7, 11) is 0. The van der Waals surface area contributed by atoms with Gasteiger partial charge in [0.1, 0.15) is 5.78 Å². The number of carbonyl (C=O) groups is 2. The Morgan fingerprint density at radius 2 is 1.96 bits per heavy atom. The molecule has 8 atom stereocenters. The molecular weight excluding hydrogens is 324 g/mol. The molecule has 0 radical (unpaired) electrons. The van der Waals surface area contributed by atoms with E-state index >= 15 is 0 Å². The summed E-state index contributed by atoms with van der Waals surface area (Å²) in [6.45, 7) is 8.27. The minimum atomic E-state index is -0.370. The Morgan fingerprint density at radius 3 is 2.65 bits per heavy atom. The highest BCUT2D eigenvalue weighted by atomic mass is 16.3. The van der Waals surface area contributed by atoms with Crippen molar-refractivity contribution in [3.05, 3.63) is 23.8 Å². The van der Waals surface area contributed by atoms with E-state index in [4.69, 9.17) is 0 Å². The smallest absolute Gasteiger partial charge is 0.178 e. The molecule has 0 amide bonds. The van der Waals surface area contributed by atoms with Gasteiger partial charge in [-0.05, 0) is 74.9 Å². The molecule has 0 bridgehead atoms. The third-order valence-corrected chi connectivity index (χ3v) is 8.98. The fraction of sp³-hybridized carbons (Fsp3) is 0.739. The lowest BCUT2D eigenvalue weighted by molar-refractivity contribution is -0.141. The third-order valence-electron chi connectivity index (χ3n) is 8.98. The first kappa shape index (κ1) is 18.2. The predicted octanol–water partition coefficient (Wildman–Crippen LogP) is 4.11. The van der Waals surface area contributed by atoms with Crippen LogP contribution >= 0.6 is 0 Å². The number of ketones is 2. The van der Waals surface area contributed by atoms with Crippen LogP contribution < -0.4 is 0 Å². The number of rotatable bonds is 2. The number of allylic oxidation sites excluding steroid dienone is 4. The topological polar surface area (TPSA) is 54.4 Å². The van der Waals surface area contributed by atoms with E-state index in [1.54, 1.807) is 13.0 Å². The first-order valence-corrected chi connectivity index (χ1v) is 10.3. The van der Waals surface area contributed by atoms with Crippen LogP contribution in [0.15, 0.2) is 23.8 Å². The van der Waals surface area contributed by atoms with Gasteiger partial charge in [0.25, 0.3) is 0 Å². The first-order chi connectivity index (χ1) is 12.2. The van der Waals surface area contributed by atoms with Crippen LogP contribution in [0.25, 0.3) is 0 Å². The van der Waals surface area contributed by atoms with Crippen LogP contribution in [0.3, 0.4) is 0 Å². The summed E-state index contributed by atoms with van der Waals surface area (Å²) in [5, 5.41) is 11.3. The van der Waals surface area contributed by atoms with Gasteiger partial charge in [-0.1, -0.05) is 32.4 Å². The third kappa shape index (κ3) is 2.28. The molecule has 142 valence electrons. The summed E-state index contributed by atoms with van der Waals surface area (Å²) in [4.78, 5) is 23.9. The highest BCUT2D eigenvalue weighted by Crippen LogP contribution is 2.66. The fourth-order valence-electron chi connectivity index (χ4n) is 7.30. The molecule has 3 heteroatoms. The minimum Gasteiger partial charge on any atom is -0.393 e. The van der Waals surface area contributed by atoms with Gasteiger partial charge in [-0.15, -0.1) is 0 Å². The minimum absolute atomic E-state index is 0.0260. The Balaban J connectivity index is 1.70. The number of hydrogen-bond donors (Lipinski definition) is 1. The predicted molar refractivity (Wildman–Crippen MR) is 101 cm³/mol. The molecule has 0 heterocycles. The molecule has 0 unspecified atom stereocenters. The molecule has 4 aliphatic rings. The Hall–Kier alpha value is -1.22. The molecule has 0 aromatic heterocycles. The Labute approximate surface area is 156 Å². The average molecular weight is 357 g/mol. The van der Waals surface area contributed by atoms with Gasteiger partial charge in [-0.2, -0.15) is 0 Å². The van der Waals surface area contributed by atoms with Crippen molar-refractivity contribution in [1.82, 2.24) is 0 Å². The van der Waals surface area contributed by atoms with Crippen molar-refractivity contribution in [2.75, 3.05) is 0 Å². The van der Waals surface area contributed by atoms with Gasteiger partial charge in [-0.25, -0.2) is 0 Å². The van der Waals surface area contributed by atoms with Gasteiger partial charge in [0.2, 0.25) is 0 Å². The summed E-state index contributed by atoms with van der Waals surface area (Å²) in [5.41, 5.74) is 1.01. The summed E-state index contributed by atoms with van der Waals surface area (Å²) in [6, 6.07) is 0. The zero-order valence-electron chi connectivity index (χ0n) is 16.5. The summed E-state index contributed by atoms with van der Waals surface area (Å²) < 4.78 is 0. The van der Waals surface area contributed by atoms with E-state index < -0.39 is 0 Å². The van der Waals surface area contributed by atoms with E-state index in [1.165, 1.54) is 5.57 Å². The van der Waals surface area contributed by atoms with Crippen molar-refractivity contribution in [3.63, 3.8) is 0 Å². The van der Waals surface area contributed by atoms with E-state index in [9.17, 15) is 14.7 Å². The number of fused-ring (bicyclic) bond motifs is 5. The van der Waals surface area contributed by atoms with Crippen molar-refractivity contribution >= 4 is 11.6 Å². The largest absolute Gasteiger partial charge is 0.393 e. The maximum Gasteiger partial charge on any atom is 0.178 e. The fourth-order valence-corrected chi connectivity index (χ4v) is 7.30. The SMILES string of the molecule is CC(=O)[C@@H](C)[C@H]1CC[C@H]2[C@@H]3CCC4=CC(=O)C=C[C@]4(C)[C@H]3C[C@H](O)[C@]12C. The Morgan fingerprint density at radius 1 is 1.23 bits per heavy atom. The lowest BCUT2D eigenvalue weighted by Gasteiger charge is -2.59. The molecule has 4 rings (SSSR count). The van der Waals surface area contributed by atoms with Crippen LogP contribution in [0.2, 0.25) is 0 Å². The van der Waals surface area contributed by atoms with Gasteiger partial charge in [0, 0.05) is 16.7 Å². The molecule has 0 aliphatic heterocycles.